The van der Waals surface area contributed by atoms with Crippen LogP contribution in [0.4, 0.5) is 0 Å². The van der Waals surface area contributed by atoms with Gasteiger partial charge in [-0.15, -0.1) is 0 Å². The van der Waals surface area contributed by atoms with Gasteiger partial charge in [0.15, 0.2) is 17.5 Å². The third-order valence-electron chi connectivity index (χ3n) is 9.34. The number of benzene rings is 8. The molecule has 0 fully saturated rings. The summed E-state index contributed by atoms with van der Waals surface area (Å²) in [6.07, 6.45) is 0. The van der Waals surface area contributed by atoms with Gasteiger partial charge < -0.3 is 0 Å². The fourth-order valence-corrected chi connectivity index (χ4v) is 6.77. The van der Waals surface area contributed by atoms with Crippen LogP contribution in [0.1, 0.15) is 0 Å². The Morgan fingerprint density at radius 1 is 0.240 bits per heavy atom. The lowest BCUT2D eigenvalue weighted by Gasteiger charge is -2.13. The molecule has 0 bridgehead atoms. The largest absolute Gasteiger partial charge is 0.208 e. The van der Waals surface area contributed by atoms with Gasteiger partial charge in [-0.05, 0) is 67.1 Å². The topological polar surface area (TPSA) is 38.7 Å². The molecule has 0 saturated carbocycles. The van der Waals surface area contributed by atoms with E-state index in [1.165, 1.54) is 38.2 Å². The van der Waals surface area contributed by atoms with Gasteiger partial charge in [0.1, 0.15) is 0 Å². The molecule has 0 saturated heterocycles. The standard InChI is InChI=1S/C47H31N3/c1-3-12-32(13-4-1)33-22-24-34(25-23-33)35-26-28-37(29-27-35)46-48-45(36-14-5-2-6-15-36)49-47(50-46)40-18-11-17-38(30-40)44-31-39-16-7-8-19-41(39)42-20-9-10-21-43(42)44/h1-31H. The smallest absolute Gasteiger partial charge is 0.164 e. The first-order chi connectivity index (χ1) is 24.8. The van der Waals surface area contributed by atoms with E-state index in [0.29, 0.717) is 17.5 Å². The number of hydrogen-bond donors (Lipinski definition) is 0. The Morgan fingerprint density at radius 2 is 0.640 bits per heavy atom. The summed E-state index contributed by atoms with van der Waals surface area (Å²) in [4.78, 5) is 15.1. The van der Waals surface area contributed by atoms with Gasteiger partial charge >= 0.3 is 0 Å². The second kappa shape index (κ2) is 12.7. The van der Waals surface area contributed by atoms with Crippen LogP contribution in [0.15, 0.2) is 188 Å². The molecular weight excluding hydrogens is 607 g/mol. The van der Waals surface area contributed by atoms with Gasteiger partial charge in [-0.3, -0.25) is 0 Å². The number of hydrogen-bond acceptors (Lipinski definition) is 3. The summed E-state index contributed by atoms with van der Waals surface area (Å²) in [5.74, 6) is 1.93. The maximum absolute atomic E-state index is 5.07. The van der Waals surface area contributed by atoms with Crippen LogP contribution in [0.5, 0.6) is 0 Å². The Balaban J connectivity index is 1.11. The molecule has 0 aliphatic rings. The first kappa shape index (κ1) is 29.4. The van der Waals surface area contributed by atoms with Crippen molar-refractivity contribution in [3.8, 4) is 67.5 Å². The van der Waals surface area contributed by atoms with Crippen LogP contribution < -0.4 is 0 Å². The maximum Gasteiger partial charge on any atom is 0.164 e. The molecule has 0 aliphatic carbocycles. The summed E-state index contributed by atoms with van der Waals surface area (Å²) in [5.41, 5.74) is 9.85. The molecule has 0 amide bonds. The molecule has 3 nitrogen and oxygen atoms in total. The molecule has 0 N–H and O–H groups in total. The van der Waals surface area contributed by atoms with E-state index >= 15 is 0 Å². The highest BCUT2D eigenvalue weighted by Crippen LogP contribution is 2.36. The van der Waals surface area contributed by atoms with Crippen molar-refractivity contribution < 1.29 is 0 Å². The van der Waals surface area contributed by atoms with E-state index in [-0.39, 0.29) is 0 Å². The Bertz CT molecular complexity index is 2610. The van der Waals surface area contributed by atoms with Crippen LogP contribution in [-0.2, 0) is 0 Å². The molecule has 0 atom stereocenters. The van der Waals surface area contributed by atoms with Crippen molar-refractivity contribution in [2.75, 3.05) is 0 Å². The normalized spacial score (nSPS) is 11.2. The van der Waals surface area contributed by atoms with E-state index in [9.17, 15) is 0 Å². The number of fused-ring (bicyclic) bond motifs is 3. The highest BCUT2D eigenvalue weighted by atomic mass is 15.0. The number of aromatic nitrogens is 3. The first-order valence-electron chi connectivity index (χ1n) is 16.9. The molecule has 1 heterocycles. The van der Waals surface area contributed by atoms with Crippen LogP contribution in [0.25, 0.3) is 89.1 Å². The molecule has 1 aromatic heterocycles. The van der Waals surface area contributed by atoms with Crippen molar-refractivity contribution in [1.29, 1.82) is 0 Å². The third kappa shape index (κ3) is 5.61. The maximum atomic E-state index is 5.07. The van der Waals surface area contributed by atoms with Crippen LogP contribution in [0, 0.1) is 0 Å². The number of nitrogens with zero attached hydrogens (tertiary/aromatic N) is 3. The van der Waals surface area contributed by atoms with Gasteiger partial charge in [-0.25, -0.2) is 15.0 Å². The zero-order valence-corrected chi connectivity index (χ0v) is 27.2. The lowest BCUT2D eigenvalue weighted by atomic mass is 9.92. The van der Waals surface area contributed by atoms with Gasteiger partial charge in [-0.2, -0.15) is 0 Å². The van der Waals surface area contributed by atoms with Crippen LogP contribution in [0.3, 0.4) is 0 Å². The highest BCUT2D eigenvalue weighted by molar-refractivity contribution is 6.13. The van der Waals surface area contributed by atoms with Crippen LogP contribution in [-0.4, -0.2) is 15.0 Å². The molecule has 234 valence electrons. The van der Waals surface area contributed by atoms with Crippen molar-refractivity contribution in [2.24, 2.45) is 0 Å². The molecular formula is C47H31N3. The molecule has 0 radical (unpaired) electrons. The zero-order valence-electron chi connectivity index (χ0n) is 27.2. The zero-order chi connectivity index (χ0) is 33.3. The monoisotopic (exact) mass is 637 g/mol. The predicted octanol–water partition coefficient (Wildman–Crippen LogP) is 12.2. The Kier molecular flexibility index (Phi) is 7.49. The van der Waals surface area contributed by atoms with Crippen LogP contribution >= 0.6 is 0 Å². The van der Waals surface area contributed by atoms with E-state index < -0.39 is 0 Å². The van der Waals surface area contributed by atoms with Crippen molar-refractivity contribution in [3.05, 3.63) is 188 Å². The van der Waals surface area contributed by atoms with E-state index in [2.05, 4.69) is 152 Å². The quantitative estimate of drug-likeness (QED) is 0.170. The average Bonchev–Trinajstić information content (AvgIpc) is 3.21. The molecule has 8 aromatic carbocycles. The van der Waals surface area contributed by atoms with Crippen LogP contribution in [0.2, 0.25) is 0 Å². The summed E-state index contributed by atoms with van der Waals surface area (Å²) in [6.45, 7) is 0. The second-order valence-corrected chi connectivity index (χ2v) is 12.5. The molecule has 0 aliphatic heterocycles. The van der Waals surface area contributed by atoms with E-state index in [4.69, 9.17) is 15.0 Å². The van der Waals surface area contributed by atoms with Gasteiger partial charge in [0.25, 0.3) is 0 Å². The molecule has 3 heteroatoms. The number of rotatable bonds is 6. The summed E-state index contributed by atoms with van der Waals surface area (Å²) < 4.78 is 0. The Labute approximate surface area is 291 Å². The van der Waals surface area contributed by atoms with Gasteiger partial charge in [0.05, 0.1) is 0 Å². The SMILES string of the molecule is c1ccc(-c2ccc(-c3ccc(-c4nc(-c5ccccc5)nc(-c5cccc(-c6cc7ccccc7c7ccccc67)c5)n4)cc3)cc2)cc1. The van der Waals surface area contributed by atoms with Crippen molar-refractivity contribution in [1.82, 2.24) is 15.0 Å². The molecule has 50 heavy (non-hydrogen) atoms. The summed E-state index contributed by atoms with van der Waals surface area (Å²) >= 11 is 0. The van der Waals surface area contributed by atoms with E-state index in [0.717, 1.165) is 33.4 Å². The fourth-order valence-electron chi connectivity index (χ4n) is 6.77. The lowest BCUT2D eigenvalue weighted by molar-refractivity contribution is 1.07. The summed E-state index contributed by atoms with van der Waals surface area (Å²) in [7, 11) is 0. The minimum Gasteiger partial charge on any atom is -0.208 e. The third-order valence-corrected chi connectivity index (χ3v) is 9.34. The van der Waals surface area contributed by atoms with Gasteiger partial charge in [0.2, 0.25) is 0 Å². The van der Waals surface area contributed by atoms with Gasteiger partial charge in [-0.1, -0.05) is 176 Å². The minimum atomic E-state index is 0.640. The molecule has 9 aromatic rings. The Morgan fingerprint density at radius 3 is 1.26 bits per heavy atom. The second-order valence-electron chi connectivity index (χ2n) is 12.5. The van der Waals surface area contributed by atoms with Crippen molar-refractivity contribution >= 4 is 21.5 Å². The van der Waals surface area contributed by atoms with Gasteiger partial charge in [0, 0.05) is 16.7 Å². The van der Waals surface area contributed by atoms with E-state index in [1.54, 1.807) is 0 Å². The molecule has 0 spiro atoms. The minimum absolute atomic E-state index is 0.640. The molecule has 0 unspecified atom stereocenters. The van der Waals surface area contributed by atoms with Crippen molar-refractivity contribution in [3.63, 3.8) is 0 Å². The average molecular weight is 638 g/mol. The highest BCUT2D eigenvalue weighted by Gasteiger charge is 2.15. The summed E-state index contributed by atoms with van der Waals surface area (Å²) in [5, 5.41) is 4.94. The Hall–Kier alpha value is -6.71. The summed E-state index contributed by atoms with van der Waals surface area (Å²) in [6, 6.07) is 65.9. The first-order valence-corrected chi connectivity index (χ1v) is 16.9. The van der Waals surface area contributed by atoms with E-state index in [1.807, 2.05) is 36.4 Å². The fraction of sp³-hybridized carbons (Fsp3) is 0. The lowest BCUT2D eigenvalue weighted by Crippen LogP contribution is -2.00. The van der Waals surface area contributed by atoms with Crippen molar-refractivity contribution in [2.45, 2.75) is 0 Å². The predicted molar refractivity (Wildman–Crippen MR) is 207 cm³/mol. The molecule has 9 rings (SSSR count).